The van der Waals surface area contributed by atoms with E-state index in [2.05, 4.69) is 11.2 Å². The molecule has 44 valence electrons. The molecule has 1 unspecified atom stereocenters. The van der Waals surface area contributed by atoms with Crippen molar-refractivity contribution in [2.75, 3.05) is 12.0 Å². The third-order valence-electron chi connectivity index (χ3n) is 0.345. The maximum absolute atomic E-state index is 11.6. The lowest BCUT2D eigenvalue weighted by Gasteiger charge is -1.90. The lowest BCUT2D eigenvalue weighted by Crippen LogP contribution is -1.76. The van der Waals surface area contributed by atoms with Crippen molar-refractivity contribution in [3.63, 3.8) is 0 Å². The van der Waals surface area contributed by atoms with Crippen LogP contribution < -0.4 is 0 Å². The van der Waals surface area contributed by atoms with Gasteiger partial charge in [-0.2, -0.15) is 4.20 Å². The fourth-order valence-electron chi connectivity index (χ4n) is 0.0984. The Morgan fingerprint density at radius 3 is 2.14 bits per heavy atom. The van der Waals surface area contributed by atoms with Crippen LogP contribution in [-0.2, 0) is 4.57 Å². The molecule has 0 N–H and O–H groups in total. The second-order valence-corrected chi connectivity index (χ2v) is 4.46. The molecule has 0 aliphatic carbocycles. The zero-order valence-corrected chi connectivity index (χ0v) is 5.81. The summed E-state index contributed by atoms with van der Waals surface area (Å²) in [4.78, 5) is 0. The molecule has 0 rings (SSSR count). The summed E-state index contributed by atoms with van der Waals surface area (Å²) in [6, 6.07) is 0. The Bertz CT molecular complexity index is 89.7. The van der Waals surface area contributed by atoms with E-state index in [4.69, 9.17) is 11.6 Å². The Kier molecular flexibility index (Phi) is 3.21. The summed E-state index contributed by atoms with van der Waals surface area (Å²) >= 11 is 9.63. The molecule has 0 saturated carbocycles. The highest BCUT2D eigenvalue weighted by Crippen LogP contribution is 2.52. The molecule has 0 heterocycles. The zero-order valence-electron chi connectivity index (χ0n) is 3.40. The normalized spacial score (nSPS) is 18.7. The number of rotatable bonds is 2. The molecule has 7 heavy (non-hydrogen) atoms. The van der Waals surface area contributed by atoms with Gasteiger partial charge in [0.2, 0.25) is 0 Å². The van der Waals surface area contributed by atoms with E-state index >= 15 is 0 Å². The van der Waals surface area contributed by atoms with Gasteiger partial charge < -0.3 is 0 Å². The maximum Gasteiger partial charge on any atom is 0.328 e. The van der Waals surface area contributed by atoms with Crippen LogP contribution in [0.15, 0.2) is 0 Å². The summed E-state index contributed by atoms with van der Waals surface area (Å²) < 4.78 is 21.5. The third kappa shape index (κ3) is 6.74. The molecule has 0 aromatic rings. The molecule has 0 aliphatic heterocycles. The molecule has 1 atom stereocenters. The second-order valence-electron chi connectivity index (χ2n) is 0.983. The molecule has 1 nitrogen and oxygen atoms in total. The van der Waals surface area contributed by atoms with Crippen LogP contribution in [0.5, 0.6) is 0 Å². The second kappa shape index (κ2) is 2.91. The maximum atomic E-state index is 11.6. The van der Waals surface area contributed by atoms with Gasteiger partial charge in [-0.3, -0.25) is 4.57 Å². The van der Waals surface area contributed by atoms with Gasteiger partial charge in [0.05, 0.1) is 6.16 Å². The Morgan fingerprint density at radius 1 is 1.71 bits per heavy atom. The molecular formula is C2H4Cl2FOP. The molecule has 0 amide bonds. The highest BCUT2D eigenvalue weighted by molar-refractivity contribution is 7.85. The monoisotopic (exact) mass is 164 g/mol. The molecule has 5 heteroatoms. The summed E-state index contributed by atoms with van der Waals surface area (Å²) in [7, 11) is 0. The fraction of sp³-hybridized carbons (Fsp3) is 1.00. The van der Waals surface area contributed by atoms with E-state index in [1.165, 1.54) is 0 Å². The number of hydrogen-bond acceptors (Lipinski definition) is 1. The van der Waals surface area contributed by atoms with Crippen LogP contribution in [0.4, 0.5) is 4.20 Å². The quantitative estimate of drug-likeness (QED) is 0.453. The molecule has 0 radical (unpaired) electrons. The van der Waals surface area contributed by atoms with Crippen molar-refractivity contribution in [3.8, 4) is 0 Å². The Hall–Kier alpha value is 0.740. The minimum absolute atomic E-state index is 0.0112. The smallest absolute Gasteiger partial charge is 0.270 e. The average molecular weight is 165 g/mol. The summed E-state index contributed by atoms with van der Waals surface area (Å²) in [6.07, 6.45) is -0.240. The van der Waals surface area contributed by atoms with Crippen molar-refractivity contribution in [3.05, 3.63) is 0 Å². The van der Waals surface area contributed by atoms with Gasteiger partial charge in [0.25, 0.3) is 0 Å². The SMILES string of the molecule is O=P(F)(Cl)CCCl. The van der Waals surface area contributed by atoms with Crippen LogP contribution in [0.25, 0.3) is 0 Å². The highest BCUT2D eigenvalue weighted by Gasteiger charge is 2.13. The van der Waals surface area contributed by atoms with Gasteiger partial charge in [-0.15, -0.1) is 11.6 Å². The van der Waals surface area contributed by atoms with Gasteiger partial charge in [-0.1, -0.05) is 0 Å². The minimum Gasteiger partial charge on any atom is -0.270 e. The largest absolute Gasteiger partial charge is 0.328 e. The highest BCUT2D eigenvalue weighted by atomic mass is 35.7. The first-order chi connectivity index (χ1) is 3.06. The van der Waals surface area contributed by atoms with Crippen molar-refractivity contribution >= 4 is 29.6 Å². The lowest BCUT2D eigenvalue weighted by atomic mass is 11.0. The molecule has 0 aromatic heterocycles. The van der Waals surface area contributed by atoms with Gasteiger partial charge in [-0.05, 0) is 11.2 Å². The van der Waals surface area contributed by atoms with Crippen molar-refractivity contribution in [1.29, 1.82) is 0 Å². The van der Waals surface area contributed by atoms with Crippen molar-refractivity contribution in [2.45, 2.75) is 0 Å². The van der Waals surface area contributed by atoms with Crippen molar-refractivity contribution < 1.29 is 8.76 Å². The first kappa shape index (κ1) is 7.74. The Morgan fingerprint density at radius 2 is 2.14 bits per heavy atom. The van der Waals surface area contributed by atoms with E-state index in [0.717, 1.165) is 0 Å². The third-order valence-corrected chi connectivity index (χ3v) is 2.05. The lowest BCUT2D eigenvalue weighted by molar-refractivity contribution is 0.555. The number of hydrogen-bond donors (Lipinski definition) is 0. The predicted octanol–water partition coefficient (Wildman–Crippen LogP) is 2.63. The summed E-state index contributed by atoms with van der Waals surface area (Å²) in [5, 5.41) is 0. The van der Waals surface area contributed by atoms with E-state index in [1.54, 1.807) is 0 Å². The molecule has 0 aromatic carbocycles. The minimum atomic E-state index is -3.83. The van der Waals surface area contributed by atoms with Gasteiger partial charge >= 0.3 is 6.81 Å². The van der Waals surface area contributed by atoms with Gasteiger partial charge in [-0.25, -0.2) is 0 Å². The standard InChI is InChI=1S/C2H4Cl2FOP/c3-1-2-7(4,5)6/h1-2H2. The van der Waals surface area contributed by atoms with Crippen molar-refractivity contribution in [1.82, 2.24) is 0 Å². The van der Waals surface area contributed by atoms with Crippen LogP contribution in [-0.4, -0.2) is 12.0 Å². The van der Waals surface area contributed by atoms with Gasteiger partial charge in [0.15, 0.2) is 0 Å². The Balaban J connectivity index is 3.36. The van der Waals surface area contributed by atoms with E-state index < -0.39 is 6.81 Å². The molecule has 0 spiro atoms. The Labute approximate surface area is 51.1 Å². The summed E-state index contributed by atoms with van der Waals surface area (Å²) in [6.45, 7) is -3.83. The topological polar surface area (TPSA) is 17.1 Å². The van der Waals surface area contributed by atoms with Crippen LogP contribution >= 0.6 is 29.6 Å². The number of halogens is 3. The molecule has 0 saturated heterocycles. The molecule has 0 fully saturated rings. The molecule has 0 bridgehead atoms. The first-order valence-electron chi connectivity index (χ1n) is 1.60. The van der Waals surface area contributed by atoms with Gasteiger partial charge in [0, 0.05) is 5.88 Å². The summed E-state index contributed by atoms with van der Waals surface area (Å²) in [5.41, 5.74) is 0. The zero-order chi connectivity index (χ0) is 5.91. The van der Waals surface area contributed by atoms with Crippen LogP contribution in [0, 0.1) is 0 Å². The van der Waals surface area contributed by atoms with E-state index in [1.807, 2.05) is 0 Å². The fourth-order valence-corrected chi connectivity index (χ4v) is 1.46. The first-order valence-corrected chi connectivity index (χ1v) is 4.83. The summed E-state index contributed by atoms with van der Waals surface area (Å²) in [5.74, 6) is 0.0112. The number of alkyl halides is 1. The van der Waals surface area contributed by atoms with Gasteiger partial charge in [0.1, 0.15) is 0 Å². The predicted molar refractivity (Wildman–Crippen MR) is 30.2 cm³/mol. The van der Waals surface area contributed by atoms with Crippen LogP contribution in [0.1, 0.15) is 0 Å². The van der Waals surface area contributed by atoms with E-state index in [9.17, 15) is 8.76 Å². The van der Waals surface area contributed by atoms with Crippen LogP contribution in [0.3, 0.4) is 0 Å². The van der Waals surface area contributed by atoms with E-state index in [0.29, 0.717) is 0 Å². The molecular weight excluding hydrogens is 161 g/mol. The molecule has 0 aliphatic rings. The van der Waals surface area contributed by atoms with Crippen LogP contribution in [0.2, 0.25) is 0 Å². The van der Waals surface area contributed by atoms with Crippen molar-refractivity contribution in [2.24, 2.45) is 0 Å². The van der Waals surface area contributed by atoms with E-state index in [-0.39, 0.29) is 12.0 Å². The average Bonchev–Trinajstić information content (AvgIpc) is 1.30.